The number of halogens is 3. The molecule has 94 valence electrons. The van der Waals surface area contributed by atoms with Gasteiger partial charge in [-0.1, -0.05) is 11.6 Å². The van der Waals surface area contributed by atoms with E-state index in [4.69, 9.17) is 28.9 Å². The largest absolute Gasteiger partial charge is 0.394 e. The molecule has 0 aliphatic carbocycles. The number of aromatic nitrogens is 2. The lowest BCUT2D eigenvalue weighted by Gasteiger charge is -2.10. The number of nitrogens with two attached hydrogens (primary N) is 1. The number of rotatable bonds is 2. The molecule has 7 heteroatoms. The number of aryl methyl sites for hydroxylation is 1. The monoisotopic (exact) mass is 346 g/mol. The number of benzene rings is 1. The third kappa shape index (κ3) is 2.85. The molecule has 18 heavy (non-hydrogen) atoms. The van der Waals surface area contributed by atoms with E-state index in [1.807, 2.05) is 12.1 Å². The van der Waals surface area contributed by atoms with Crippen molar-refractivity contribution in [2.24, 2.45) is 0 Å². The van der Waals surface area contributed by atoms with Gasteiger partial charge in [0.25, 0.3) is 0 Å². The summed E-state index contributed by atoms with van der Waals surface area (Å²) in [6, 6.07) is 5.44. The number of hydrogen-bond acceptors (Lipinski definition) is 4. The van der Waals surface area contributed by atoms with Crippen molar-refractivity contribution < 1.29 is 0 Å². The molecule has 0 saturated heterocycles. The maximum Gasteiger partial charge on any atom is 0.224 e. The van der Waals surface area contributed by atoms with Crippen LogP contribution in [-0.4, -0.2) is 9.97 Å². The topological polar surface area (TPSA) is 63.8 Å². The Bertz CT molecular complexity index is 604. The minimum atomic E-state index is 0.146. The van der Waals surface area contributed by atoms with Crippen LogP contribution in [0.1, 0.15) is 5.69 Å². The number of hydrogen-bond donors (Lipinski definition) is 2. The first-order valence-corrected chi connectivity index (χ1v) is 6.54. The van der Waals surface area contributed by atoms with Crippen molar-refractivity contribution in [2.75, 3.05) is 11.1 Å². The van der Waals surface area contributed by atoms with E-state index in [0.717, 1.165) is 10.2 Å². The molecule has 0 radical (unpaired) electrons. The second-order valence-corrected chi connectivity index (χ2v) is 5.19. The van der Waals surface area contributed by atoms with E-state index in [1.54, 1.807) is 13.0 Å². The van der Waals surface area contributed by atoms with Gasteiger partial charge in [-0.05, 0) is 52.7 Å². The summed E-state index contributed by atoms with van der Waals surface area (Å²) in [5, 5.41) is 3.79. The van der Waals surface area contributed by atoms with Crippen LogP contribution in [0, 0.1) is 6.92 Å². The first-order chi connectivity index (χ1) is 8.47. The van der Waals surface area contributed by atoms with Crippen molar-refractivity contribution in [1.82, 2.24) is 9.97 Å². The molecule has 2 rings (SSSR count). The van der Waals surface area contributed by atoms with Crippen LogP contribution in [0.5, 0.6) is 0 Å². The fraction of sp³-hybridized carbons (Fsp3) is 0.0909. The molecule has 1 aromatic carbocycles. The predicted molar refractivity (Wildman–Crippen MR) is 78.6 cm³/mol. The zero-order valence-electron chi connectivity index (χ0n) is 9.34. The fourth-order valence-electron chi connectivity index (χ4n) is 1.35. The molecular formula is C11H9BrCl2N4. The zero-order chi connectivity index (χ0) is 13.3. The summed E-state index contributed by atoms with van der Waals surface area (Å²) < 4.78 is 0.819. The minimum Gasteiger partial charge on any atom is -0.394 e. The number of nitrogen functional groups attached to an aromatic ring is 1. The Morgan fingerprint density at radius 2 is 2.00 bits per heavy atom. The molecule has 3 N–H and O–H groups in total. The maximum atomic E-state index is 6.01. The molecule has 0 amide bonds. The average Bonchev–Trinajstić information content (AvgIpc) is 2.30. The van der Waals surface area contributed by atoms with Crippen LogP contribution in [0.15, 0.2) is 22.7 Å². The second-order valence-electron chi connectivity index (χ2n) is 3.59. The molecule has 0 fully saturated rings. The highest BCUT2D eigenvalue weighted by Gasteiger charge is 2.08. The first kappa shape index (κ1) is 13.4. The van der Waals surface area contributed by atoms with Crippen LogP contribution in [0.2, 0.25) is 10.3 Å². The Labute approximate surface area is 123 Å². The van der Waals surface area contributed by atoms with E-state index in [1.165, 1.54) is 0 Å². The lowest BCUT2D eigenvalue weighted by atomic mass is 10.3. The standard InChI is InChI=1S/C11H9BrCl2N4/c1-5-9(15)10(18-11(14)16-5)17-6-2-3-7(12)8(13)4-6/h2-4H,15H2,1H3,(H,16,17,18). The predicted octanol–water partition coefficient (Wildman–Crippen LogP) is 4.18. The third-order valence-corrected chi connectivity index (χ3v) is 3.69. The van der Waals surface area contributed by atoms with Crippen molar-refractivity contribution in [2.45, 2.75) is 6.92 Å². The average molecular weight is 348 g/mol. The number of nitrogens with one attached hydrogen (secondary N) is 1. The third-order valence-electron chi connectivity index (χ3n) is 2.29. The van der Waals surface area contributed by atoms with Gasteiger partial charge < -0.3 is 11.1 Å². The van der Waals surface area contributed by atoms with Crippen molar-refractivity contribution in [3.05, 3.63) is 38.7 Å². The van der Waals surface area contributed by atoms with Crippen LogP contribution in [0.25, 0.3) is 0 Å². The molecule has 0 unspecified atom stereocenters. The summed E-state index contributed by atoms with van der Waals surface area (Å²) in [6.07, 6.45) is 0. The fourth-order valence-corrected chi connectivity index (χ4v) is 1.99. The lowest BCUT2D eigenvalue weighted by Crippen LogP contribution is -2.03. The summed E-state index contributed by atoms with van der Waals surface area (Å²) in [4.78, 5) is 8.01. The van der Waals surface area contributed by atoms with Crippen molar-refractivity contribution in [3.63, 3.8) is 0 Å². The van der Waals surface area contributed by atoms with Gasteiger partial charge in [-0.3, -0.25) is 0 Å². The Balaban J connectivity index is 2.36. The highest BCUT2D eigenvalue weighted by atomic mass is 79.9. The highest BCUT2D eigenvalue weighted by molar-refractivity contribution is 9.10. The Morgan fingerprint density at radius 3 is 2.67 bits per heavy atom. The maximum absolute atomic E-state index is 6.01. The molecule has 0 aliphatic rings. The SMILES string of the molecule is Cc1nc(Cl)nc(Nc2ccc(Br)c(Cl)c2)c1N. The molecule has 0 bridgehead atoms. The van der Waals surface area contributed by atoms with Crippen molar-refractivity contribution >= 4 is 56.3 Å². The summed E-state index contributed by atoms with van der Waals surface area (Å²) in [5.74, 6) is 0.464. The van der Waals surface area contributed by atoms with E-state index in [2.05, 4.69) is 31.2 Å². The van der Waals surface area contributed by atoms with Gasteiger partial charge in [-0.2, -0.15) is 4.98 Å². The molecule has 0 atom stereocenters. The van der Waals surface area contributed by atoms with E-state index in [9.17, 15) is 0 Å². The molecule has 4 nitrogen and oxygen atoms in total. The van der Waals surface area contributed by atoms with Gasteiger partial charge in [0.15, 0.2) is 5.82 Å². The summed E-state index contributed by atoms with van der Waals surface area (Å²) in [5.41, 5.74) is 7.73. The molecule has 0 aliphatic heterocycles. The Morgan fingerprint density at radius 1 is 1.28 bits per heavy atom. The Hall–Kier alpha value is -1.04. The summed E-state index contributed by atoms with van der Waals surface area (Å²) >= 11 is 15.1. The highest BCUT2D eigenvalue weighted by Crippen LogP contribution is 2.29. The smallest absolute Gasteiger partial charge is 0.224 e. The van der Waals surface area contributed by atoms with Gasteiger partial charge in [0.05, 0.1) is 16.4 Å². The van der Waals surface area contributed by atoms with Gasteiger partial charge >= 0.3 is 0 Å². The molecule has 2 aromatic rings. The quantitative estimate of drug-likeness (QED) is 0.800. The van der Waals surface area contributed by atoms with Crippen LogP contribution >= 0.6 is 39.1 Å². The van der Waals surface area contributed by atoms with Crippen molar-refractivity contribution in [1.29, 1.82) is 0 Å². The molecule has 1 heterocycles. The van der Waals surface area contributed by atoms with Gasteiger partial charge in [0, 0.05) is 10.2 Å². The number of anilines is 3. The van der Waals surface area contributed by atoms with E-state index < -0.39 is 0 Å². The molecule has 0 spiro atoms. The Kier molecular flexibility index (Phi) is 3.94. The van der Waals surface area contributed by atoms with Gasteiger partial charge in [-0.25, -0.2) is 4.98 Å². The zero-order valence-corrected chi connectivity index (χ0v) is 12.4. The van der Waals surface area contributed by atoms with Crippen LogP contribution in [-0.2, 0) is 0 Å². The van der Waals surface area contributed by atoms with E-state index >= 15 is 0 Å². The first-order valence-electron chi connectivity index (χ1n) is 4.99. The lowest BCUT2D eigenvalue weighted by molar-refractivity contribution is 1.11. The normalized spacial score (nSPS) is 10.4. The molecular weight excluding hydrogens is 339 g/mol. The van der Waals surface area contributed by atoms with Crippen molar-refractivity contribution in [3.8, 4) is 0 Å². The molecule has 1 aromatic heterocycles. The summed E-state index contributed by atoms with van der Waals surface area (Å²) in [7, 11) is 0. The van der Waals surface area contributed by atoms with Gasteiger partial charge in [0.2, 0.25) is 5.28 Å². The van der Waals surface area contributed by atoms with Crippen LogP contribution in [0.3, 0.4) is 0 Å². The number of nitrogens with zero attached hydrogens (tertiary/aromatic N) is 2. The summed E-state index contributed by atoms with van der Waals surface area (Å²) in [6.45, 7) is 1.77. The van der Waals surface area contributed by atoms with E-state index in [0.29, 0.717) is 22.2 Å². The van der Waals surface area contributed by atoms with Gasteiger partial charge in [-0.15, -0.1) is 0 Å². The van der Waals surface area contributed by atoms with Crippen LogP contribution < -0.4 is 11.1 Å². The minimum absolute atomic E-state index is 0.146. The molecule has 0 saturated carbocycles. The second kappa shape index (κ2) is 5.30. The van der Waals surface area contributed by atoms with E-state index in [-0.39, 0.29) is 5.28 Å². The van der Waals surface area contributed by atoms with Gasteiger partial charge in [0.1, 0.15) is 0 Å². The van der Waals surface area contributed by atoms with Crippen LogP contribution in [0.4, 0.5) is 17.2 Å².